The molecule has 2 heterocycles. The fourth-order valence-electron chi connectivity index (χ4n) is 3.14. The maximum Gasteiger partial charge on any atom is 0.237 e. The van der Waals surface area contributed by atoms with Crippen molar-refractivity contribution >= 4 is 28.8 Å². The van der Waals surface area contributed by atoms with Crippen molar-refractivity contribution in [2.45, 2.75) is 25.4 Å². The van der Waals surface area contributed by atoms with Gasteiger partial charge in [-0.25, -0.2) is 0 Å². The van der Waals surface area contributed by atoms with Gasteiger partial charge >= 0.3 is 0 Å². The first-order valence-corrected chi connectivity index (χ1v) is 9.15. The van der Waals surface area contributed by atoms with Gasteiger partial charge in [-0.15, -0.1) is 11.3 Å². The number of benzene rings is 1. The second kappa shape index (κ2) is 7.47. The van der Waals surface area contributed by atoms with E-state index in [0.717, 1.165) is 30.0 Å². The van der Waals surface area contributed by atoms with Crippen LogP contribution in [0.25, 0.3) is 0 Å². The van der Waals surface area contributed by atoms with E-state index in [2.05, 4.69) is 17.5 Å². The second-order valence-corrected chi connectivity index (χ2v) is 7.41. The Morgan fingerprint density at radius 2 is 2.17 bits per heavy atom. The molecule has 3 rings (SSSR count). The molecule has 0 saturated carbocycles. The molecule has 1 aliphatic rings. The Morgan fingerprint density at radius 3 is 2.91 bits per heavy atom. The minimum absolute atomic E-state index is 0.204. The van der Waals surface area contributed by atoms with Gasteiger partial charge in [0.15, 0.2) is 0 Å². The quantitative estimate of drug-likeness (QED) is 0.808. The number of hydrogen-bond donors (Lipinski definition) is 0. The first-order chi connectivity index (χ1) is 11.1. The lowest BCUT2D eigenvalue weighted by Gasteiger charge is -2.26. The number of carbonyl (C=O) groups is 1. The lowest BCUT2D eigenvalue weighted by molar-refractivity contribution is -0.133. The maximum atomic E-state index is 12.7. The maximum absolute atomic E-state index is 12.7. The number of hydrogen-bond acceptors (Lipinski definition) is 3. The number of rotatable bonds is 5. The third-order valence-corrected chi connectivity index (χ3v) is 5.59. The largest absolute Gasteiger partial charge is 0.334 e. The van der Waals surface area contributed by atoms with E-state index in [1.165, 1.54) is 4.88 Å². The van der Waals surface area contributed by atoms with Crippen LogP contribution in [0.2, 0.25) is 5.02 Å². The average molecular weight is 349 g/mol. The van der Waals surface area contributed by atoms with Crippen molar-refractivity contribution < 1.29 is 4.79 Å². The topological polar surface area (TPSA) is 23.6 Å². The molecule has 1 aromatic carbocycles. The predicted molar refractivity (Wildman–Crippen MR) is 95.8 cm³/mol. The van der Waals surface area contributed by atoms with Gasteiger partial charge in [-0.2, -0.15) is 0 Å². The number of likely N-dealkylation sites (N-methyl/N-ethyl adjacent to an activating group) is 1. The molecule has 1 saturated heterocycles. The Hall–Kier alpha value is -1.36. The predicted octanol–water partition coefficient (Wildman–Crippen LogP) is 4.20. The molecule has 1 aromatic heterocycles. The zero-order valence-electron chi connectivity index (χ0n) is 13.2. The Labute approximate surface area is 146 Å². The molecule has 0 bridgehead atoms. The van der Waals surface area contributed by atoms with Crippen molar-refractivity contribution in [1.29, 1.82) is 0 Å². The summed E-state index contributed by atoms with van der Waals surface area (Å²) < 4.78 is 0. The van der Waals surface area contributed by atoms with E-state index in [0.29, 0.717) is 13.1 Å². The summed E-state index contributed by atoms with van der Waals surface area (Å²) in [4.78, 5) is 18.1. The van der Waals surface area contributed by atoms with Crippen LogP contribution >= 0.6 is 22.9 Å². The Bertz CT molecular complexity index is 659. The number of halogens is 1. The monoisotopic (exact) mass is 348 g/mol. The van der Waals surface area contributed by atoms with E-state index >= 15 is 0 Å². The van der Waals surface area contributed by atoms with E-state index in [1.54, 1.807) is 11.3 Å². The van der Waals surface area contributed by atoms with Gasteiger partial charge in [0.25, 0.3) is 0 Å². The van der Waals surface area contributed by atoms with Gasteiger partial charge in [0, 0.05) is 23.0 Å². The first-order valence-electron chi connectivity index (χ1n) is 7.90. The van der Waals surface area contributed by atoms with Gasteiger partial charge in [-0.3, -0.25) is 9.69 Å². The smallest absolute Gasteiger partial charge is 0.237 e. The van der Waals surface area contributed by atoms with Gasteiger partial charge in [-0.05, 0) is 43.0 Å². The summed E-state index contributed by atoms with van der Waals surface area (Å²) in [6.45, 7) is 1.97. The molecule has 5 heteroatoms. The molecule has 1 atom stereocenters. The molecular formula is C18H21ClN2OS. The van der Waals surface area contributed by atoms with Gasteiger partial charge in [-0.1, -0.05) is 35.9 Å². The third-order valence-electron chi connectivity index (χ3n) is 4.25. The third kappa shape index (κ3) is 3.94. The summed E-state index contributed by atoms with van der Waals surface area (Å²) in [5.41, 5.74) is 1.06. The highest BCUT2D eigenvalue weighted by Gasteiger charge is 2.30. The molecular weight excluding hydrogens is 328 g/mol. The fraction of sp³-hybridized carbons (Fsp3) is 0.389. The highest BCUT2D eigenvalue weighted by atomic mass is 35.5. The minimum Gasteiger partial charge on any atom is -0.334 e. The van der Waals surface area contributed by atoms with Crippen molar-refractivity contribution in [2.75, 3.05) is 20.1 Å². The van der Waals surface area contributed by atoms with Gasteiger partial charge < -0.3 is 4.90 Å². The van der Waals surface area contributed by atoms with E-state index in [1.807, 2.05) is 41.1 Å². The standard InChI is InChI=1S/C18H21ClN2OS/c1-20(12-14-6-2-3-7-15(14)19)13-18(22)21-10-4-8-16(21)17-9-5-11-23-17/h2-3,5-7,9,11,16H,4,8,10,12-13H2,1H3. The van der Waals surface area contributed by atoms with Crippen molar-refractivity contribution in [3.05, 3.63) is 57.2 Å². The fourth-order valence-corrected chi connectivity index (χ4v) is 4.21. The van der Waals surface area contributed by atoms with Crippen LogP contribution in [-0.2, 0) is 11.3 Å². The van der Waals surface area contributed by atoms with Crippen LogP contribution in [0.1, 0.15) is 29.3 Å². The lowest BCUT2D eigenvalue weighted by Crippen LogP contribution is -2.38. The van der Waals surface area contributed by atoms with E-state index in [4.69, 9.17) is 11.6 Å². The van der Waals surface area contributed by atoms with E-state index < -0.39 is 0 Å². The molecule has 1 amide bonds. The molecule has 1 unspecified atom stereocenters. The van der Waals surface area contributed by atoms with Crippen LogP contribution in [0.5, 0.6) is 0 Å². The highest BCUT2D eigenvalue weighted by molar-refractivity contribution is 7.10. The summed E-state index contributed by atoms with van der Waals surface area (Å²) in [6, 6.07) is 12.2. The van der Waals surface area contributed by atoms with Crippen molar-refractivity contribution in [3.8, 4) is 0 Å². The molecule has 0 aliphatic carbocycles. The normalized spacial score (nSPS) is 17.9. The van der Waals surface area contributed by atoms with Crippen LogP contribution in [0.3, 0.4) is 0 Å². The van der Waals surface area contributed by atoms with Crippen molar-refractivity contribution in [2.24, 2.45) is 0 Å². The summed E-state index contributed by atoms with van der Waals surface area (Å²) in [6.07, 6.45) is 2.16. The number of amides is 1. The Kier molecular flexibility index (Phi) is 5.36. The first kappa shape index (κ1) is 16.5. The van der Waals surface area contributed by atoms with Crippen LogP contribution < -0.4 is 0 Å². The van der Waals surface area contributed by atoms with Crippen LogP contribution in [0.15, 0.2) is 41.8 Å². The zero-order valence-corrected chi connectivity index (χ0v) is 14.8. The molecule has 23 heavy (non-hydrogen) atoms. The summed E-state index contributed by atoms with van der Waals surface area (Å²) >= 11 is 7.94. The summed E-state index contributed by atoms with van der Waals surface area (Å²) in [7, 11) is 1.97. The average Bonchev–Trinajstić information content (AvgIpc) is 3.20. The van der Waals surface area contributed by atoms with Gasteiger partial charge in [0.2, 0.25) is 5.91 Å². The van der Waals surface area contributed by atoms with Crippen LogP contribution in [-0.4, -0.2) is 35.8 Å². The van der Waals surface area contributed by atoms with Crippen molar-refractivity contribution in [3.63, 3.8) is 0 Å². The van der Waals surface area contributed by atoms with E-state index in [9.17, 15) is 4.79 Å². The second-order valence-electron chi connectivity index (χ2n) is 6.02. The van der Waals surface area contributed by atoms with Crippen molar-refractivity contribution in [1.82, 2.24) is 9.80 Å². The summed E-state index contributed by atoms with van der Waals surface area (Å²) in [5, 5.41) is 2.84. The Morgan fingerprint density at radius 1 is 1.35 bits per heavy atom. The van der Waals surface area contributed by atoms with Crippen LogP contribution in [0, 0.1) is 0 Å². The molecule has 0 N–H and O–H groups in total. The zero-order chi connectivity index (χ0) is 16.2. The van der Waals surface area contributed by atoms with Gasteiger partial charge in [0.05, 0.1) is 12.6 Å². The molecule has 3 nitrogen and oxygen atoms in total. The van der Waals surface area contributed by atoms with Gasteiger partial charge in [0.1, 0.15) is 0 Å². The minimum atomic E-state index is 0.204. The lowest BCUT2D eigenvalue weighted by atomic mass is 10.2. The molecule has 1 aliphatic heterocycles. The summed E-state index contributed by atoms with van der Waals surface area (Å²) in [5.74, 6) is 0.204. The number of thiophene rings is 1. The highest BCUT2D eigenvalue weighted by Crippen LogP contribution is 2.34. The molecule has 0 radical (unpaired) electrons. The van der Waals surface area contributed by atoms with E-state index in [-0.39, 0.29) is 11.9 Å². The number of likely N-dealkylation sites (tertiary alicyclic amines) is 1. The number of carbonyl (C=O) groups excluding carboxylic acids is 1. The molecule has 1 fully saturated rings. The number of nitrogens with zero attached hydrogens (tertiary/aromatic N) is 2. The molecule has 0 spiro atoms. The SMILES string of the molecule is CN(CC(=O)N1CCCC1c1cccs1)Cc1ccccc1Cl. The van der Waals surface area contributed by atoms with Crippen LogP contribution in [0.4, 0.5) is 0 Å². The molecule has 122 valence electrons. The molecule has 2 aromatic rings. The Balaban J connectivity index is 1.61.